The molecule has 0 aliphatic rings. The van der Waals surface area contributed by atoms with E-state index >= 15 is 0 Å². The van der Waals surface area contributed by atoms with E-state index in [1.54, 1.807) is 7.11 Å². The quantitative estimate of drug-likeness (QED) is 0.870. The van der Waals surface area contributed by atoms with E-state index in [9.17, 15) is 5.11 Å². The van der Waals surface area contributed by atoms with Crippen molar-refractivity contribution in [3.8, 4) is 11.5 Å². The molecule has 2 N–H and O–H groups in total. The molecule has 0 unspecified atom stereocenters. The van der Waals surface area contributed by atoms with E-state index in [2.05, 4.69) is 21.2 Å². The molecule has 0 fully saturated rings. The summed E-state index contributed by atoms with van der Waals surface area (Å²) < 4.78 is 6.36. The smallest absolute Gasteiger partial charge is 0.123 e. The lowest BCUT2D eigenvalue weighted by atomic mass is 10.1. The zero-order valence-electron chi connectivity index (χ0n) is 11.8. The van der Waals surface area contributed by atoms with E-state index < -0.39 is 0 Å². The number of phenols is 1. The van der Waals surface area contributed by atoms with Gasteiger partial charge in [0.15, 0.2) is 0 Å². The fourth-order valence-electron chi connectivity index (χ4n) is 2.10. The number of ether oxygens (including phenoxy) is 1. The third kappa shape index (κ3) is 3.07. The molecule has 3 nitrogen and oxygen atoms in total. The number of aryl methyl sites for hydroxylation is 1. The lowest BCUT2D eigenvalue weighted by Crippen LogP contribution is -2.03. The molecular weight excluding hydrogens is 318 g/mol. The summed E-state index contributed by atoms with van der Waals surface area (Å²) in [6.07, 6.45) is 0. The molecule has 0 amide bonds. The van der Waals surface area contributed by atoms with Crippen LogP contribution in [0.25, 0.3) is 0 Å². The Labute approximate surface area is 127 Å². The average Bonchev–Trinajstić information content (AvgIpc) is 2.44. The lowest BCUT2D eigenvalue weighted by molar-refractivity contribution is 0.410. The minimum Gasteiger partial charge on any atom is -0.507 e. The van der Waals surface area contributed by atoms with Crippen molar-refractivity contribution in [1.29, 1.82) is 0 Å². The number of hydrogen-bond donors (Lipinski definition) is 2. The maximum absolute atomic E-state index is 9.96. The van der Waals surface area contributed by atoms with Crippen LogP contribution < -0.4 is 10.1 Å². The van der Waals surface area contributed by atoms with Crippen LogP contribution in [0.5, 0.6) is 11.5 Å². The summed E-state index contributed by atoms with van der Waals surface area (Å²) in [5, 5.41) is 13.3. The van der Waals surface area contributed by atoms with Crippen molar-refractivity contribution in [3.63, 3.8) is 0 Å². The molecule has 0 aliphatic heterocycles. The minimum atomic E-state index is 0.344. The first-order valence-electron chi connectivity index (χ1n) is 6.38. The van der Waals surface area contributed by atoms with Gasteiger partial charge in [-0.05, 0) is 43.7 Å². The molecule has 0 radical (unpaired) electrons. The molecule has 0 atom stereocenters. The fourth-order valence-corrected chi connectivity index (χ4v) is 2.51. The topological polar surface area (TPSA) is 41.5 Å². The molecule has 0 heterocycles. The van der Waals surface area contributed by atoms with Gasteiger partial charge in [0.2, 0.25) is 0 Å². The van der Waals surface area contributed by atoms with E-state index in [0.717, 1.165) is 32.6 Å². The normalized spacial score (nSPS) is 10.4. The predicted octanol–water partition coefficient (Wildman–Crippen LogP) is 4.39. The molecule has 2 aromatic carbocycles. The van der Waals surface area contributed by atoms with Crippen molar-refractivity contribution < 1.29 is 9.84 Å². The van der Waals surface area contributed by atoms with Gasteiger partial charge in [-0.15, -0.1) is 0 Å². The van der Waals surface area contributed by atoms with Crippen molar-refractivity contribution in [2.45, 2.75) is 20.4 Å². The summed E-state index contributed by atoms with van der Waals surface area (Å²) in [5.41, 5.74) is 3.73. The Kier molecular flexibility index (Phi) is 4.55. The first-order valence-corrected chi connectivity index (χ1v) is 7.17. The van der Waals surface area contributed by atoms with E-state index in [-0.39, 0.29) is 0 Å². The van der Waals surface area contributed by atoms with E-state index in [4.69, 9.17) is 4.74 Å². The highest BCUT2D eigenvalue weighted by Gasteiger charge is 2.08. The number of aromatic hydroxyl groups is 1. The maximum Gasteiger partial charge on any atom is 0.123 e. The molecule has 0 aliphatic carbocycles. The number of rotatable bonds is 4. The van der Waals surface area contributed by atoms with E-state index in [0.29, 0.717) is 12.3 Å². The molecular formula is C16H18BrNO2. The van der Waals surface area contributed by atoms with Crippen LogP contribution in [0.1, 0.15) is 16.7 Å². The van der Waals surface area contributed by atoms with Crippen molar-refractivity contribution >= 4 is 21.6 Å². The highest BCUT2D eigenvalue weighted by molar-refractivity contribution is 9.10. The largest absolute Gasteiger partial charge is 0.507 e. The van der Waals surface area contributed by atoms with Gasteiger partial charge in [0.25, 0.3) is 0 Å². The van der Waals surface area contributed by atoms with Crippen LogP contribution in [0.2, 0.25) is 0 Å². The zero-order chi connectivity index (χ0) is 14.7. The maximum atomic E-state index is 9.96. The van der Waals surface area contributed by atoms with Gasteiger partial charge >= 0.3 is 0 Å². The van der Waals surface area contributed by atoms with Gasteiger partial charge in [-0.25, -0.2) is 0 Å². The number of benzene rings is 2. The number of halogens is 1. The summed E-state index contributed by atoms with van der Waals surface area (Å²) >= 11 is 3.46. The summed E-state index contributed by atoms with van der Waals surface area (Å²) in [6.45, 7) is 4.43. The molecule has 0 saturated carbocycles. The van der Waals surface area contributed by atoms with Gasteiger partial charge in [-0.1, -0.05) is 22.0 Å². The van der Waals surface area contributed by atoms with Crippen molar-refractivity contribution in [3.05, 3.63) is 51.5 Å². The number of anilines is 1. The Morgan fingerprint density at radius 2 is 1.95 bits per heavy atom. The van der Waals surface area contributed by atoms with Crippen LogP contribution in [0, 0.1) is 13.8 Å². The number of nitrogens with one attached hydrogen (secondary N) is 1. The number of methoxy groups -OCH3 is 1. The average molecular weight is 336 g/mol. The van der Waals surface area contributed by atoms with Crippen LogP contribution in [0.15, 0.2) is 34.8 Å². The molecule has 0 aromatic heterocycles. The Morgan fingerprint density at radius 3 is 2.65 bits per heavy atom. The van der Waals surface area contributed by atoms with Crippen molar-refractivity contribution in [2.24, 2.45) is 0 Å². The van der Waals surface area contributed by atoms with Crippen LogP contribution in [-0.2, 0) is 6.54 Å². The van der Waals surface area contributed by atoms with Gasteiger partial charge in [0.05, 0.1) is 7.11 Å². The van der Waals surface area contributed by atoms with Gasteiger partial charge in [-0.3, -0.25) is 0 Å². The highest BCUT2D eigenvalue weighted by Crippen LogP contribution is 2.29. The molecule has 106 valence electrons. The van der Waals surface area contributed by atoms with E-state index in [1.807, 2.05) is 44.2 Å². The minimum absolute atomic E-state index is 0.344. The third-order valence-corrected chi connectivity index (χ3v) is 3.84. The number of hydrogen-bond acceptors (Lipinski definition) is 3. The second-order valence-corrected chi connectivity index (χ2v) is 5.63. The summed E-state index contributed by atoms with van der Waals surface area (Å²) in [7, 11) is 1.66. The van der Waals surface area contributed by atoms with Gasteiger partial charge in [-0.2, -0.15) is 0 Å². The summed E-state index contributed by atoms with van der Waals surface area (Å²) in [5.74, 6) is 1.19. The van der Waals surface area contributed by atoms with Crippen LogP contribution in [-0.4, -0.2) is 12.2 Å². The Hall–Kier alpha value is -1.68. The monoisotopic (exact) mass is 335 g/mol. The SMILES string of the molecule is COc1ccc(Br)cc1CNc1ccc(C)c(O)c1C. The standard InChI is InChI=1S/C16H18BrNO2/c1-10-4-6-14(11(2)16(10)19)18-9-12-8-13(17)5-7-15(12)20-3/h4-8,18-19H,9H2,1-3H3. The van der Waals surface area contributed by atoms with Gasteiger partial charge in [0.1, 0.15) is 11.5 Å². The van der Waals surface area contributed by atoms with E-state index in [1.165, 1.54) is 0 Å². The molecule has 0 saturated heterocycles. The number of phenolic OH excluding ortho intramolecular Hbond substituents is 1. The molecule has 4 heteroatoms. The Morgan fingerprint density at radius 1 is 1.20 bits per heavy atom. The molecule has 0 bridgehead atoms. The van der Waals surface area contributed by atoms with Gasteiger partial charge < -0.3 is 15.2 Å². The molecule has 2 rings (SSSR count). The molecule has 20 heavy (non-hydrogen) atoms. The van der Waals surface area contributed by atoms with Gasteiger partial charge in [0, 0.05) is 27.8 Å². The highest BCUT2D eigenvalue weighted by atomic mass is 79.9. The second kappa shape index (κ2) is 6.18. The lowest BCUT2D eigenvalue weighted by Gasteiger charge is -2.14. The summed E-state index contributed by atoms with van der Waals surface area (Å²) in [6, 6.07) is 9.79. The Balaban J connectivity index is 2.21. The zero-order valence-corrected chi connectivity index (χ0v) is 13.4. The predicted molar refractivity (Wildman–Crippen MR) is 85.6 cm³/mol. The molecule has 2 aromatic rings. The van der Waals surface area contributed by atoms with Crippen molar-refractivity contribution in [1.82, 2.24) is 0 Å². The summed E-state index contributed by atoms with van der Waals surface area (Å²) in [4.78, 5) is 0. The Bertz CT molecular complexity index is 626. The van der Waals surface area contributed by atoms with Crippen molar-refractivity contribution in [2.75, 3.05) is 12.4 Å². The first-order chi connectivity index (χ1) is 9.52. The first kappa shape index (κ1) is 14.7. The van der Waals surface area contributed by atoms with Crippen LogP contribution in [0.3, 0.4) is 0 Å². The van der Waals surface area contributed by atoms with Crippen LogP contribution in [0.4, 0.5) is 5.69 Å². The fraction of sp³-hybridized carbons (Fsp3) is 0.250. The molecule has 0 spiro atoms. The van der Waals surface area contributed by atoms with Crippen LogP contribution >= 0.6 is 15.9 Å². The second-order valence-electron chi connectivity index (χ2n) is 4.71. The third-order valence-electron chi connectivity index (χ3n) is 3.34.